The van der Waals surface area contributed by atoms with Gasteiger partial charge in [0.25, 0.3) is 0 Å². The lowest BCUT2D eigenvalue weighted by Gasteiger charge is -2.36. The van der Waals surface area contributed by atoms with E-state index in [9.17, 15) is 4.79 Å². The third-order valence-corrected chi connectivity index (χ3v) is 5.63. The number of benzene rings is 2. The molecular formula is C21H24BrNO3. The van der Waals surface area contributed by atoms with Crippen molar-refractivity contribution in [2.45, 2.75) is 31.7 Å². The lowest BCUT2D eigenvalue weighted by atomic mass is 9.73. The van der Waals surface area contributed by atoms with Crippen molar-refractivity contribution >= 4 is 21.8 Å². The molecule has 0 bridgehead atoms. The van der Waals surface area contributed by atoms with Crippen molar-refractivity contribution in [3.05, 3.63) is 63.6 Å². The highest BCUT2D eigenvalue weighted by Gasteiger charge is 2.41. The number of halogens is 1. The number of methoxy groups -OCH3 is 1. The van der Waals surface area contributed by atoms with Gasteiger partial charge in [-0.2, -0.15) is 0 Å². The van der Waals surface area contributed by atoms with Crippen molar-refractivity contribution in [3.63, 3.8) is 0 Å². The first kappa shape index (κ1) is 18.9. The van der Waals surface area contributed by atoms with Crippen molar-refractivity contribution in [2.24, 2.45) is 0 Å². The first-order valence-corrected chi connectivity index (χ1v) is 9.60. The van der Waals surface area contributed by atoms with E-state index in [1.807, 2.05) is 49.4 Å². The lowest BCUT2D eigenvalue weighted by molar-refractivity contribution is -0.130. The molecule has 1 aliphatic heterocycles. The molecule has 4 nitrogen and oxygen atoms in total. The molecule has 0 saturated carbocycles. The minimum atomic E-state index is -0.534. The van der Waals surface area contributed by atoms with Gasteiger partial charge >= 0.3 is 0 Å². The molecule has 2 aromatic carbocycles. The highest BCUT2D eigenvalue weighted by atomic mass is 79.9. The second-order valence-electron chi connectivity index (χ2n) is 6.69. The number of aryl methyl sites for hydroxylation is 1. The number of amides is 1. The van der Waals surface area contributed by atoms with E-state index in [-0.39, 0.29) is 5.91 Å². The summed E-state index contributed by atoms with van der Waals surface area (Å²) < 4.78 is 11.9. The Labute approximate surface area is 163 Å². The summed E-state index contributed by atoms with van der Waals surface area (Å²) in [6.07, 6.45) is 1.38. The predicted molar refractivity (Wildman–Crippen MR) is 105 cm³/mol. The number of hydrogen-bond donors (Lipinski definition) is 1. The van der Waals surface area contributed by atoms with Crippen LogP contribution in [0.15, 0.2) is 46.9 Å². The van der Waals surface area contributed by atoms with Gasteiger partial charge in [0.15, 0.2) is 0 Å². The first-order chi connectivity index (χ1) is 12.5. The van der Waals surface area contributed by atoms with Crippen molar-refractivity contribution in [1.82, 2.24) is 5.32 Å². The van der Waals surface area contributed by atoms with Crippen LogP contribution in [0.25, 0.3) is 0 Å². The quantitative estimate of drug-likeness (QED) is 0.795. The molecule has 5 heteroatoms. The maximum absolute atomic E-state index is 13.2. The van der Waals surface area contributed by atoms with Crippen LogP contribution < -0.4 is 10.1 Å². The monoisotopic (exact) mass is 417 g/mol. The molecule has 1 fully saturated rings. The molecule has 1 saturated heterocycles. The van der Waals surface area contributed by atoms with Gasteiger partial charge < -0.3 is 14.8 Å². The molecule has 1 aliphatic rings. The van der Waals surface area contributed by atoms with Gasteiger partial charge in [0, 0.05) is 24.2 Å². The van der Waals surface area contributed by atoms with Crippen LogP contribution >= 0.6 is 15.9 Å². The molecule has 3 rings (SSSR count). The molecule has 0 radical (unpaired) electrons. The predicted octanol–water partition coefficient (Wildman–Crippen LogP) is 4.13. The Hall–Kier alpha value is -1.85. The van der Waals surface area contributed by atoms with E-state index in [0.29, 0.717) is 32.6 Å². The van der Waals surface area contributed by atoms with Crippen LogP contribution in [0.2, 0.25) is 0 Å². The fourth-order valence-corrected chi connectivity index (χ4v) is 3.73. The Kier molecular flexibility index (Phi) is 5.99. The summed E-state index contributed by atoms with van der Waals surface area (Å²) in [5.74, 6) is 0.896. The molecule has 0 unspecified atom stereocenters. The van der Waals surface area contributed by atoms with Gasteiger partial charge in [-0.05, 0) is 54.7 Å². The molecule has 0 spiro atoms. The third kappa shape index (κ3) is 3.94. The molecule has 0 aromatic heterocycles. The zero-order valence-electron chi connectivity index (χ0n) is 15.2. The molecular weight excluding hydrogens is 394 g/mol. The van der Waals surface area contributed by atoms with E-state index in [4.69, 9.17) is 9.47 Å². The van der Waals surface area contributed by atoms with E-state index in [2.05, 4.69) is 21.2 Å². The summed E-state index contributed by atoms with van der Waals surface area (Å²) in [6.45, 7) is 3.68. The molecule has 0 aliphatic carbocycles. The van der Waals surface area contributed by atoms with E-state index in [0.717, 1.165) is 26.9 Å². The van der Waals surface area contributed by atoms with Crippen LogP contribution in [0.1, 0.15) is 29.5 Å². The highest BCUT2D eigenvalue weighted by Crippen LogP contribution is 2.36. The normalized spacial score (nSPS) is 16.1. The number of rotatable bonds is 5. The Morgan fingerprint density at radius 1 is 1.19 bits per heavy atom. The van der Waals surface area contributed by atoms with Gasteiger partial charge in [-0.15, -0.1) is 0 Å². The molecule has 1 heterocycles. The minimum absolute atomic E-state index is 0.0580. The minimum Gasteiger partial charge on any atom is -0.496 e. The average molecular weight is 418 g/mol. The number of hydrogen-bond acceptors (Lipinski definition) is 3. The molecule has 26 heavy (non-hydrogen) atoms. The van der Waals surface area contributed by atoms with Crippen molar-refractivity contribution in [3.8, 4) is 5.75 Å². The first-order valence-electron chi connectivity index (χ1n) is 8.81. The van der Waals surface area contributed by atoms with Crippen LogP contribution in [0.5, 0.6) is 5.75 Å². The summed E-state index contributed by atoms with van der Waals surface area (Å²) in [4.78, 5) is 13.2. The highest BCUT2D eigenvalue weighted by molar-refractivity contribution is 9.10. The van der Waals surface area contributed by atoms with Crippen molar-refractivity contribution < 1.29 is 14.3 Å². The Bertz CT molecular complexity index is 767. The van der Waals surface area contributed by atoms with Crippen LogP contribution in [-0.2, 0) is 21.5 Å². The van der Waals surface area contributed by atoms with Crippen molar-refractivity contribution in [2.75, 3.05) is 20.3 Å². The van der Waals surface area contributed by atoms with Gasteiger partial charge in [-0.3, -0.25) is 4.79 Å². The largest absolute Gasteiger partial charge is 0.496 e. The zero-order chi connectivity index (χ0) is 18.6. The maximum Gasteiger partial charge on any atom is 0.231 e. The van der Waals surface area contributed by atoms with E-state index in [1.165, 1.54) is 0 Å². The Balaban J connectivity index is 1.79. The number of carbonyl (C=O) groups is 1. The Morgan fingerprint density at radius 3 is 2.54 bits per heavy atom. The summed E-state index contributed by atoms with van der Waals surface area (Å²) >= 11 is 3.47. The fourth-order valence-electron chi connectivity index (χ4n) is 3.46. The van der Waals surface area contributed by atoms with Gasteiger partial charge in [0.1, 0.15) is 5.75 Å². The zero-order valence-corrected chi connectivity index (χ0v) is 16.8. The second kappa shape index (κ2) is 8.23. The van der Waals surface area contributed by atoms with Crippen LogP contribution in [0, 0.1) is 6.92 Å². The fraction of sp³-hybridized carbons (Fsp3) is 0.381. The van der Waals surface area contributed by atoms with E-state index < -0.39 is 5.41 Å². The maximum atomic E-state index is 13.2. The number of carbonyl (C=O) groups excluding carboxylic acids is 1. The standard InChI is InChI=1S/C21H24BrNO3/c1-15-3-4-16(13-19(15)25-2)14-23-20(24)21(9-11-26-12-10-21)17-5-7-18(22)8-6-17/h3-8,13H,9-12,14H2,1-2H3,(H,23,24). The van der Waals surface area contributed by atoms with Crippen LogP contribution in [0.3, 0.4) is 0 Å². The molecule has 0 atom stereocenters. The SMILES string of the molecule is COc1cc(CNC(=O)C2(c3ccc(Br)cc3)CCOCC2)ccc1C. The lowest BCUT2D eigenvalue weighted by Crippen LogP contribution is -2.47. The van der Waals surface area contributed by atoms with Gasteiger partial charge in [0.05, 0.1) is 12.5 Å². The topological polar surface area (TPSA) is 47.6 Å². The molecule has 2 aromatic rings. The summed E-state index contributed by atoms with van der Waals surface area (Å²) in [5, 5.41) is 3.13. The smallest absolute Gasteiger partial charge is 0.231 e. The Morgan fingerprint density at radius 2 is 1.88 bits per heavy atom. The van der Waals surface area contributed by atoms with E-state index >= 15 is 0 Å². The third-order valence-electron chi connectivity index (χ3n) is 5.10. The summed E-state index contributed by atoms with van der Waals surface area (Å²) in [5.41, 5.74) is 2.62. The van der Waals surface area contributed by atoms with Crippen LogP contribution in [0.4, 0.5) is 0 Å². The molecule has 138 valence electrons. The van der Waals surface area contributed by atoms with E-state index in [1.54, 1.807) is 7.11 Å². The van der Waals surface area contributed by atoms with Gasteiger partial charge in [0.2, 0.25) is 5.91 Å². The molecule has 1 amide bonds. The van der Waals surface area contributed by atoms with Gasteiger partial charge in [-0.1, -0.05) is 40.2 Å². The number of ether oxygens (including phenoxy) is 2. The average Bonchev–Trinajstić information content (AvgIpc) is 2.68. The summed E-state index contributed by atoms with van der Waals surface area (Å²) in [6, 6.07) is 14.1. The van der Waals surface area contributed by atoms with Gasteiger partial charge in [-0.25, -0.2) is 0 Å². The second-order valence-corrected chi connectivity index (χ2v) is 7.60. The summed E-state index contributed by atoms with van der Waals surface area (Å²) in [7, 11) is 1.66. The van der Waals surface area contributed by atoms with Crippen LogP contribution in [-0.4, -0.2) is 26.2 Å². The molecule has 1 N–H and O–H groups in total. The number of nitrogens with one attached hydrogen (secondary N) is 1. The van der Waals surface area contributed by atoms with Crippen molar-refractivity contribution in [1.29, 1.82) is 0 Å².